The van der Waals surface area contributed by atoms with E-state index in [0.29, 0.717) is 23.6 Å². The number of benzene rings is 3. The molecule has 0 radical (unpaired) electrons. The van der Waals surface area contributed by atoms with Crippen molar-refractivity contribution in [2.45, 2.75) is 19.8 Å². The summed E-state index contributed by atoms with van der Waals surface area (Å²) in [6.07, 6.45) is -0.0171. The lowest BCUT2D eigenvalue weighted by molar-refractivity contribution is -0.136. The molecule has 172 valence electrons. The maximum atomic E-state index is 12.4. The molecule has 1 aromatic heterocycles. The first-order chi connectivity index (χ1) is 16.5. The molecule has 7 heteroatoms. The number of nitrogens with one attached hydrogen (secondary N) is 1. The Morgan fingerprint density at radius 1 is 0.941 bits per heavy atom. The van der Waals surface area contributed by atoms with E-state index in [1.54, 1.807) is 6.92 Å². The van der Waals surface area contributed by atoms with E-state index in [1.165, 1.54) is 0 Å². The number of carboxylic acid groups (broad SMARTS) is 1. The number of nitrogens with zero attached hydrogens (tertiary/aromatic N) is 1. The summed E-state index contributed by atoms with van der Waals surface area (Å²) in [6.45, 7) is 1.99. The van der Waals surface area contributed by atoms with Gasteiger partial charge in [0, 0.05) is 12.0 Å². The molecule has 34 heavy (non-hydrogen) atoms. The van der Waals surface area contributed by atoms with Gasteiger partial charge in [-0.3, -0.25) is 10.1 Å². The largest absolute Gasteiger partial charge is 0.481 e. The quantitative estimate of drug-likeness (QED) is 0.351. The second-order valence-corrected chi connectivity index (χ2v) is 7.77. The van der Waals surface area contributed by atoms with Crippen molar-refractivity contribution in [2.75, 3.05) is 11.9 Å². The third-order valence-corrected chi connectivity index (χ3v) is 5.37. The number of aryl methyl sites for hydroxylation is 1. The van der Waals surface area contributed by atoms with E-state index in [2.05, 4.69) is 10.5 Å². The Bertz CT molecular complexity index is 1280. The Balaban J connectivity index is 1.46. The Labute approximate surface area is 197 Å². The standard InChI is InChI=1S/C27H24N2O5/c1-18-25(28-27(32)33-16-15-19-7-3-2-4-8-19)26(34-29-18)21-13-11-20(12-14-21)23-10-6-5-9-22(23)17-24(30)31/h2-14H,15-17H2,1H3,(H,28,32)(H,30,31). The smallest absolute Gasteiger partial charge is 0.411 e. The zero-order valence-corrected chi connectivity index (χ0v) is 18.7. The van der Waals surface area contributed by atoms with E-state index < -0.39 is 12.1 Å². The van der Waals surface area contributed by atoms with Crippen molar-refractivity contribution in [3.63, 3.8) is 0 Å². The molecule has 0 atom stereocenters. The summed E-state index contributed by atoms with van der Waals surface area (Å²) in [7, 11) is 0. The molecule has 1 heterocycles. The molecule has 7 nitrogen and oxygen atoms in total. The lowest BCUT2D eigenvalue weighted by atomic mass is 9.96. The van der Waals surface area contributed by atoms with Gasteiger partial charge in [0.1, 0.15) is 11.4 Å². The summed E-state index contributed by atoms with van der Waals surface area (Å²) in [6, 6.07) is 24.6. The minimum Gasteiger partial charge on any atom is -0.481 e. The maximum absolute atomic E-state index is 12.4. The number of carbonyl (C=O) groups is 2. The molecule has 0 aliphatic rings. The highest BCUT2D eigenvalue weighted by Crippen LogP contribution is 2.33. The highest BCUT2D eigenvalue weighted by atomic mass is 16.5. The van der Waals surface area contributed by atoms with Gasteiger partial charge < -0.3 is 14.4 Å². The molecule has 0 fully saturated rings. The van der Waals surface area contributed by atoms with Crippen LogP contribution in [0.2, 0.25) is 0 Å². The molecule has 0 aliphatic heterocycles. The van der Waals surface area contributed by atoms with Crippen molar-refractivity contribution >= 4 is 17.7 Å². The summed E-state index contributed by atoms with van der Waals surface area (Å²) in [5.74, 6) is -0.463. The van der Waals surface area contributed by atoms with Crippen molar-refractivity contribution in [1.29, 1.82) is 0 Å². The van der Waals surface area contributed by atoms with Crippen LogP contribution < -0.4 is 5.32 Å². The van der Waals surface area contributed by atoms with E-state index in [-0.39, 0.29) is 13.0 Å². The van der Waals surface area contributed by atoms with E-state index >= 15 is 0 Å². The van der Waals surface area contributed by atoms with Gasteiger partial charge in [0.25, 0.3) is 0 Å². The second-order valence-electron chi connectivity index (χ2n) is 7.77. The molecule has 0 saturated heterocycles. The van der Waals surface area contributed by atoms with Crippen molar-refractivity contribution < 1.29 is 24.0 Å². The molecule has 4 rings (SSSR count). The predicted molar refractivity (Wildman–Crippen MR) is 129 cm³/mol. The number of carbonyl (C=O) groups excluding carboxylic acids is 1. The topological polar surface area (TPSA) is 102 Å². The van der Waals surface area contributed by atoms with Crippen molar-refractivity contribution in [2.24, 2.45) is 0 Å². The van der Waals surface area contributed by atoms with Crippen molar-refractivity contribution in [3.05, 3.63) is 95.7 Å². The van der Waals surface area contributed by atoms with Gasteiger partial charge in [0.05, 0.1) is 13.0 Å². The number of aliphatic carboxylic acids is 1. The summed E-state index contributed by atoms with van der Waals surface area (Å²) >= 11 is 0. The van der Waals surface area contributed by atoms with Crippen LogP contribution in [0.3, 0.4) is 0 Å². The highest BCUT2D eigenvalue weighted by molar-refractivity contribution is 5.91. The number of ether oxygens (including phenoxy) is 1. The van der Waals surface area contributed by atoms with Crippen LogP contribution in [0.25, 0.3) is 22.5 Å². The first kappa shape index (κ1) is 22.8. The zero-order valence-electron chi connectivity index (χ0n) is 18.7. The number of aromatic nitrogens is 1. The average molecular weight is 456 g/mol. The Morgan fingerprint density at radius 3 is 2.35 bits per heavy atom. The van der Waals surface area contributed by atoms with Crippen LogP contribution >= 0.6 is 0 Å². The normalized spacial score (nSPS) is 10.6. The molecule has 2 N–H and O–H groups in total. The molecule has 3 aromatic carbocycles. The minimum absolute atomic E-state index is 0.0559. The zero-order chi connectivity index (χ0) is 23.9. The van der Waals surface area contributed by atoms with Gasteiger partial charge in [-0.2, -0.15) is 0 Å². The molecule has 1 amide bonds. The predicted octanol–water partition coefficient (Wildman–Crippen LogP) is 5.74. The van der Waals surface area contributed by atoms with Crippen LogP contribution in [0.1, 0.15) is 16.8 Å². The van der Waals surface area contributed by atoms with Gasteiger partial charge in [-0.05, 0) is 29.2 Å². The van der Waals surface area contributed by atoms with Gasteiger partial charge >= 0.3 is 12.1 Å². The lowest BCUT2D eigenvalue weighted by Crippen LogP contribution is -2.16. The summed E-state index contributed by atoms with van der Waals surface area (Å²) in [5, 5.41) is 15.9. The van der Waals surface area contributed by atoms with Gasteiger partial charge in [-0.25, -0.2) is 4.79 Å². The van der Waals surface area contributed by atoms with Crippen LogP contribution in [0.4, 0.5) is 10.5 Å². The van der Waals surface area contributed by atoms with Crippen LogP contribution in [0.5, 0.6) is 0 Å². The van der Waals surface area contributed by atoms with E-state index in [9.17, 15) is 14.7 Å². The summed E-state index contributed by atoms with van der Waals surface area (Å²) in [5.41, 5.74) is 5.26. The Hall–Kier alpha value is -4.39. The lowest BCUT2D eigenvalue weighted by Gasteiger charge is -2.10. The fourth-order valence-electron chi connectivity index (χ4n) is 3.68. The van der Waals surface area contributed by atoms with Crippen molar-refractivity contribution in [3.8, 4) is 22.5 Å². The number of carboxylic acids is 1. The minimum atomic E-state index is -0.882. The van der Waals surface area contributed by atoms with E-state index in [1.807, 2.05) is 78.9 Å². The van der Waals surface area contributed by atoms with Gasteiger partial charge in [0.15, 0.2) is 5.76 Å². The van der Waals surface area contributed by atoms with Crippen LogP contribution in [-0.4, -0.2) is 28.9 Å². The SMILES string of the molecule is Cc1noc(-c2ccc(-c3ccccc3CC(=O)O)cc2)c1NC(=O)OCCc1ccccc1. The molecular formula is C27H24N2O5. The Morgan fingerprint density at radius 2 is 1.62 bits per heavy atom. The van der Waals surface area contributed by atoms with E-state index in [4.69, 9.17) is 9.26 Å². The van der Waals surface area contributed by atoms with Crippen molar-refractivity contribution in [1.82, 2.24) is 5.16 Å². The molecular weight excluding hydrogens is 432 g/mol. The highest BCUT2D eigenvalue weighted by Gasteiger charge is 2.18. The van der Waals surface area contributed by atoms with Gasteiger partial charge in [0.2, 0.25) is 0 Å². The fraction of sp³-hybridized carbons (Fsp3) is 0.148. The number of hydrogen-bond donors (Lipinski definition) is 2. The van der Waals surface area contributed by atoms with Crippen LogP contribution in [-0.2, 0) is 22.4 Å². The molecule has 4 aromatic rings. The van der Waals surface area contributed by atoms with E-state index in [0.717, 1.165) is 27.8 Å². The first-order valence-corrected chi connectivity index (χ1v) is 10.9. The maximum Gasteiger partial charge on any atom is 0.411 e. The van der Waals surface area contributed by atoms with Gasteiger partial charge in [-0.1, -0.05) is 84.0 Å². The molecule has 0 bridgehead atoms. The second kappa shape index (κ2) is 10.5. The molecule has 0 aliphatic carbocycles. The molecule has 0 spiro atoms. The van der Waals surface area contributed by atoms with Crippen LogP contribution in [0.15, 0.2) is 83.4 Å². The average Bonchev–Trinajstić information content (AvgIpc) is 3.20. The third-order valence-electron chi connectivity index (χ3n) is 5.37. The van der Waals surface area contributed by atoms with Crippen LogP contribution in [0, 0.1) is 6.92 Å². The third kappa shape index (κ3) is 5.50. The molecule has 0 unspecified atom stereocenters. The number of anilines is 1. The fourth-order valence-corrected chi connectivity index (χ4v) is 3.68. The van der Waals surface area contributed by atoms with Gasteiger partial charge in [-0.15, -0.1) is 0 Å². The summed E-state index contributed by atoms with van der Waals surface area (Å²) in [4.78, 5) is 23.5. The first-order valence-electron chi connectivity index (χ1n) is 10.9. The Kier molecular flexibility index (Phi) is 7.03. The number of rotatable bonds is 8. The number of amides is 1. The summed E-state index contributed by atoms with van der Waals surface area (Å²) < 4.78 is 10.8. The molecule has 0 saturated carbocycles. The number of hydrogen-bond acceptors (Lipinski definition) is 5. The monoisotopic (exact) mass is 456 g/mol.